The van der Waals surface area contributed by atoms with Gasteiger partial charge in [-0.25, -0.2) is 4.98 Å². The molecule has 3 nitrogen and oxygen atoms in total. The fourth-order valence-electron chi connectivity index (χ4n) is 2.69. The zero-order valence-electron chi connectivity index (χ0n) is 12.0. The predicted octanol–water partition coefficient (Wildman–Crippen LogP) is 3.36. The van der Waals surface area contributed by atoms with Crippen LogP contribution in [0, 0.1) is 0 Å². The van der Waals surface area contributed by atoms with Gasteiger partial charge in [0.2, 0.25) is 0 Å². The van der Waals surface area contributed by atoms with Crippen molar-refractivity contribution < 1.29 is 0 Å². The first-order valence-electron chi connectivity index (χ1n) is 7.00. The third-order valence-corrected chi connectivity index (χ3v) is 4.94. The third-order valence-electron chi connectivity index (χ3n) is 3.77. The second-order valence-corrected chi connectivity index (χ2v) is 6.60. The Hall–Kier alpha value is -0.610. The number of hydrogen-bond acceptors (Lipinski definition) is 4. The van der Waals surface area contributed by atoms with Gasteiger partial charge in [-0.1, -0.05) is 26.7 Å². The average Bonchev–Trinajstić information content (AvgIpc) is 2.97. The van der Waals surface area contributed by atoms with Crippen LogP contribution < -0.4 is 10.2 Å². The van der Waals surface area contributed by atoms with Crippen molar-refractivity contribution in [3.05, 3.63) is 10.6 Å². The highest BCUT2D eigenvalue weighted by Crippen LogP contribution is 2.34. The van der Waals surface area contributed by atoms with Crippen LogP contribution in [0.15, 0.2) is 0 Å². The first-order chi connectivity index (χ1) is 8.63. The van der Waals surface area contributed by atoms with Crippen molar-refractivity contribution >= 4 is 16.5 Å². The molecule has 0 atom stereocenters. The molecule has 0 amide bonds. The van der Waals surface area contributed by atoms with E-state index in [-0.39, 0.29) is 0 Å². The number of nitrogens with zero attached hydrogens (tertiary/aromatic N) is 2. The standard InChI is InChI=1S/C14H25N3S/c1-10(2)13-12(9-15-3)18-14(16-13)17(4)11-7-5-6-8-11/h10-11,15H,5-9H2,1-4H3. The SMILES string of the molecule is CNCc1sc(N(C)C2CCCC2)nc1C(C)C. The van der Waals surface area contributed by atoms with Crippen molar-refractivity contribution in [1.82, 2.24) is 10.3 Å². The highest BCUT2D eigenvalue weighted by atomic mass is 32.1. The number of hydrogen-bond donors (Lipinski definition) is 1. The molecule has 2 rings (SSSR count). The predicted molar refractivity (Wildman–Crippen MR) is 79.6 cm³/mol. The highest BCUT2D eigenvalue weighted by molar-refractivity contribution is 7.15. The topological polar surface area (TPSA) is 28.2 Å². The number of aromatic nitrogens is 1. The van der Waals surface area contributed by atoms with Gasteiger partial charge in [0.05, 0.1) is 5.69 Å². The third kappa shape index (κ3) is 2.86. The van der Waals surface area contributed by atoms with Gasteiger partial charge < -0.3 is 10.2 Å². The normalized spacial score (nSPS) is 16.7. The van der Waals surface area contributed by atoms with Crippen molar-refractivity contribution in [2.24, 2.45) is 0 Å². The molecule has 4 heteroatoms. The minimum Gasteiger partial charge on any atom is -0.348 e. The van der Waals surface area contributed by atoms with Gasteiger partial charge in [-0.3, -0.25) is 0 Å². The van der Waals surface area contributed by atoms with Crippen molar-refractivity contribution in [3.63, 3.8) is 0 Å². The van der Waals surface area contributed by atoms with Crippen LogP contribution in [0.2, 0.25) is 0 Å². The molecular formula is C14H25N3S. The summed E-state index contributed by atoms with van der Waals surface area (Å²) < 4.78 is 0. The van der Waals surface area contributed by atoms with Crippen molar-refractivity contribution in [2.45, 2.75) is 58.0 Å². The maximum atomic E-state index is 4.88. The fraction of sp³-hybridized carbons (Fsp3) is 0.786. The summed E-state index contributed by atoms with van der Waals surface area (Å²) in [4.78, 5) is 8.68. The molecule has 0 aromatic carbocycles. The largest absolute Gasteiger partial charge is 0.348 e. The molecule has 0 saturated heterocycles. The van der Waals surface area contributed by atoms with Gasteiger partial charge in [0.15, 0.2) is 5.13 Å². The second kappa shape index (κ2) is 6.02. The smallest absolute Gasteiger partial charge is 0.185 e. The van der Waals surface area contributed by atoms with E-state index in [1.807, 2.05) is 18.4 Å². The summed E-state index contributed by atoms with van der Waals surface area (Å²) in [6.07, 6.45) is 5.41. The minimum absolute atomic E-state index is 0.510. The summed E-state index contributed by atoms with van der Waals surface area (Å²) in [5, 5.41) is 4.46. The first kappa shape index (κ1) is 13.8. The van der Waals surface area contributed by atoms with Crippen LogP contribution in [0.1, 0.15) is 56.0 Å². The van der Waals surface area contributed by atoms with Crippen LogP contribution in [-0.4, -0.2) is 25.1 Å². The second-order valence-electron chi connectivity index (χ2n) is 5.54. The molecular weight excluding hydrogens is 242 g/mol. The van der Waals surface area contributed by atoms with E-state index in [2.05, 4.69) is 31.1 Å². The Morgan fingerprint density at radius 1 is 1.39 bits per heavy atom. The lowest BCUT2D eigenvalue weighted by Crippen LogP contribution is -2.28. The minimum atomic E-state index is 0.510. The molecule has 1 fully saturated rings. The molecule has 1 aliphatic rings. The molecule has 0 radical (unpaired) electrons. The zero-order valence-corrected chi connectivity index (χ0v) is 12.8. The lowest BCUT2D eigenvalue weighted by molar-refractivity contribution is 0.649. The van der Waals surface area contributed by atoms with Gasteiger partial charge in [-0.2, -0.15) is 0 Å². The zero-order chi connectivity index (χ0) is 13.1. The van der Waals surface area contributed by atoms with E-state index < -0.39 is 0 Å². The highest BCUT2D eigenvalue weighted by Gasteiger charge is 2.23. The van der Waals surface area contributed by atoms with E-state index in [1.54, 1.807) is 0 Å². The molecule has 102 valence electrons. The Balaban J connectivity index is 2.19. The molecule has 0 bridgehead atoms. The van der Waals surface area contributed by atoms with Crippen LogP contribution >= 0.6 is 11.3 Å². The van der Waals surface area contributed by atoms with E-state index in [4.69, 9.17) is 4.98 Å². The molecule has 1 saturated carbocycles. The lowest BCUT2D eigenvalue weighted by Gasteiger charge is -2.23. The summed E-state index contributed by atoms with van der Waals surface area (Å²) in [6.45, 7) is 5.39. The summed E-state index contributed by atoms with van der Waals surface area (Å²) in [5.41, 5.74) is 1.27. The summed E-state index contributed by atoms with van der Waals surface area (Å²) in [7, 11) is 4.21. The quantitative estimate of drug-likeness (QED) is 0.886. The van der Waals surface area contributed by atoms with Crippen LogP contribution in [0.5, 0.6) is 0 Å². The maximum Gasteiger partial charge on any atom is 0.185 e. The van der Waals surface area contributed by atoms with Crippen molar-refractivity contribution in [1.29, 1.82) is 0 Å². The van der Waals surface area contributed by atoms with Gasteiger partial charge in [0.25, 0.3) is 0 Å². The van der Waals surface area contributed by atoms with Crippen LogP contribution in [0.3, 0.4) is 0 Å². The fourth-order valence-corrected chi connectivity index (χ4v) is 3.95. The molecule has 18 heavy (non-hydrogen) atoms. The lowest BCUT2D eigenvalue weighted by atomic mass is 10.1. The molecule has 0 spiro atoms. The molecule has 1 aromatic rings. The van der Waals surface area contributed by atoms with Gasteiger partial charge in [0.1, 0.15) is 0 Å². The molecule has 1 heterocycles. The molecule has 1 N–H and O–H groups in total. The van der Waals surface area contributed by atoms with Crippen molar-refractivity contribution in [3.8, 4) is 0 Å². The Morgan fingerprint density at radius 3 is 2.61 bits per heavy atom. The Labute approximate surface area is 115 Å². The number of nitrogens with one attached hydrogen (secondary N) is 1. The average molecular weight is 267 g/mol. The van der Waals surface area contributed by atoms with E-state index in [0.717, 1.165) is 6.54 Å². The first-order valence-corrected chi connectivity index (χ1v) is 7.82. The molecule has 1 aromatic heterocycles. The summed E-state index contributed by atoms with van der Waals surface area (Å²) in [6, 6.07) is 0.707. The monoisotopic (exact) mass is 267 g/mol. The van der Waals surface area contributed by atoms with E-state index in [1.165, 1.54) is 41.4 Å². The van der Waals surface area contributed by atoms with Crippen LogP contribution in [0.25, 0.3) is 0 Å². The van der Waals surface area contributed by atoms with Gasteiger partial charge in [-0.05, 0) is 25.8 Å². The Morgan fingerprint density at radius 2 is 2.06 bits per heavy atom. The Bertz CT molecular complexity index is 380. The van der Waals surface area contributed by atoms with Gasteiger partial charge >= 0.3 is 0 Å². The van der Waals surface area contributed by atoms with Gasteiger partial charge in [0, 0.05) is 24.5 Å². The maximum absolute atomic E-state index is 4.88. The Kier molecular flexibility index (Phi) is 4.62. The molecule has 1 aliphatic carbocycles. The van der Waals surface area contributed by atoms with Crippen LogP contribution in [0.4, 0.5) is 5.13 Å². The van der Waals surface area contributed by atoms with Crippen LogP contribution in [-0.2, 0) is 6.54 Å². The van der Waals surface area contributed by atoms with E-state index >= 15 is 0 Å². The molecule has 0 aliphatic heterocycles. The van der Waals surface area contributed by atoms with E-state index in [9.17, 15) is 0 Å². The summed E-state index contributed by atoms with van der Waals surface area (Å²) >= 11 is 1.86. The van der Waals surface area contributed by atoms with Crippen molar-refractivity contribution in [2.75, 3.05) is 19.0 Å². The van der Waals surface area contributed by atoms with Gasteiger partial charge in [-0.15, -0.1) is 11.3 Å². The molecule has 0 unspecified atom stereocenters. The number of rotatable bonds is 5. The number of anilines is 1. The van der Waals surface area contributed by atoms with E-state index in [0.29, 0.717) is 12.0 Å². The number of thiazole rings is 1. The summed E-state index contributed by atoms with van der Waals surface area (Å²) in [5.74, 6) is 0.510.